The second-order valence-corrected chi connectivity index (χ2v) is 5.85. The van der Waals surface area contributed by atoms with E-state index < -0.39 is 0 Å². The fraction of sp³-hybridized carbons (Fsp3) is 0.529. The number of rotatable bonds is 7. The predicted molar refractivity (Wildman–Crippen MR) is 83.4 cm³/mol. The molecule has 1 aliphatic rings. The van der Waals surface area contributed by atoms with Crippen molar-refractivity contribution in [2.75, 3.05) is 13.6 Å². The number of nitrogens with one attached hydrogen (secondary N) is 1. The molecule has 1 aromatic carbocycles. The number of nitrogens with zero attached hydrogens (tertiary/aromatic N) is 1. The van der Waals surface area contributed by atoms with Crippen LogP contribution < -0.4 is 5.32 Å². The van der Waals surface area contributed by atoms with Gasteiger partial charge in [0.05, 0.1) is 12.6 Å². The number of carbonyl (C=O) groups excluding carboxylic acids is 2. The fourth-order valence-electron chi connectivity index (χ4n) is 2.21. The molecule has 1 aromatic rings. The van der Waals surface area contributed by atoms with E-state index in [9.17, 15) is 9.59 Å². The summed E-state index contributed by atoms with van der Waals surface area (Å²) in [5.74, 6) is 0.0559. The monoisotopic (exact) mass is 288 g/mol. The van der Waals surface area contributed by atoms with Gasteiger partial charge in [-0.25, -0.2) is 0 Å². The lowest BCUT2D eigenvalue weighted by Gasteiger charge is -2.23. The van der Waals surface area contributed by atoms with Crippen molar-refractivity contribution in [1.29, 1.82) is 0 Å². The SMILES string of the molecule is CCc1ccc(C(=O)C(C)N(C)CC(=O)NC2CC2)cc1. The first-order chi connectivity index (χ1) is 10.0. The molecule has 0 aromatic heterocycles. The Balaban J connectivity index is 1.91. The zero-order valence-electron chi connectivity index (χ0n) is 13.1. The van der Waals surface area contributed by atoms with Crippen molar-refractivity contribution in [1.82, 2.24) is 10.2 Å². The summed E-state index contributed by atoms with van der Waals surface area (Å²) in [6, 6.07) is 7.77. The molecule has 21 heavy (non-hydrogen) atoms. The third-order valence-electron chi connectivity index (χ3n) is 4.02. The Bertz CT molecular complexity index is 506. The van der Waals surface area contributed by atoms with E-state index in [4.69, 9.17) is 0 Å². The maximum absolute atomic E-state index is 12.4. The van der Waals surface area contributed by atoms with Crippen molar-refractivity contribution >= 4 is 11.7 Å². The van der Waals surface area contributed by atoms with Crippen molar-refractivity contribution in [2.45, 2.75) is 45.2 Å². The Labute approximate surface area is 126 Å². The smallest absolute Gasteiger partial charge is 0.234 e. The molecule has 114 valence electrons. The highest BCUT2D eigenvalue weighted by Gasteiger charge is 2.26. The van der Waals surface area contributed by atoms with Gasteiger partial charge in [0.15, 0.2) is 5.78 Å². The highest BCUT2D eigenvalue weighted by molar-refractivity contribution is 6.00. The van der Waals surface area contributed by atoms with Crippen molar-refractivity contribution in [3.05, 3.63) is 35.4 Å². The van der Waals surface area contributed by atoms with E-state index in [0.717, 1.165) is 19.3 Å². The highest BCUT2D eigenvalue weighted by atomic mass is 16.2. The van der Waals surface area contributed by atoms with Crippen LogP contribution in [0.1, 0.15) is 42.6 Å². The number of hydrogen-bond acceptors (Lipinski definition) is 3. The third kappa shape index (κ3) is 4.39. The second kappa shape index (κ2) is 6.85. The van der Waals surface area contributed by atoms with Gasteiger partial charge >= 0.3 is 0 Å². The second-order valence-electron chi connectivity index (χ2n) is 5.85. The average molecular weight is 288 g/mol. The number of amides is 1. The largest absolute Gasteiger partial charge is 0.352 e. The van der Waals surface area contributed by atoms with Gasteiger partial charge in [-0.3, -0.25) is 14.5 Å². The lowest BCUT2D eigenvalue weighted by Crippen LogP contribution is -2.43. The van der Waals surface area contributed by atoms with E-state index in [1.54, 1.807) is 4.90 Å². The molecule has 1 unspecified atom stereocenters. The van der Waals surface area contributed by atoms with Crippen LogP contribution in [0.2, 0.25) is 0 Å². The molecule has 1 fully saturated rings. The van der Waals surface area contributed by atoms with E-state index in [2.05, 4.69) is 12.2 Å². The number of ketones is 1. The number of Topliss-reactive ketones (excluding diaryl/α,β-unsaturated/α-hetero) is 1. The molecule has 4 nitrogen and oxygen atoms in total. The fourth-order valence-corrected chi connectivity index (χ4v) is 2.21. The number of benzene rings is 1. The molecular weight excluding hydrogens is 264 g/mol. The van der Waals surface area contributed by atoms with Gasteiger partial charge in [0.1, 0.15) is 0 Å². The number of hydrogen-bond donors (Lipinski definition) is 1. The molecular formula is C17H24N2O2. The third-order valence-corrected chi connectivity index (χ3v) is 4.02. The maximum atomic E-state index is 12.4. The standard InChI is InChI=1S/C17H24N2O2/c1-4-13-5-7-14(8-6-13)17(21)12(2)19(3)11-16(20)18-15-9-10-15/h5-8,12,15H,4,9-11H2,1-3H3,(H,18,20). The maximum Gasteiger partial charge on any atom is 0.234 e. The zero-order chi connectivity index (χ0) is 15.4. The Hall–Kier alpha value is -1.68. The van der Waals surface area contributed by atoms with Crippen LogP contribution in [0.3, 0.4) is 0 Å². The van der Waals surface area contributed by atoms with Gasteiger partial charge in [-0.05, 0) is 38.8 Å². The topological polar surface area (TPSA) is 49.4 Å². The molecule has 0 aliphatic heterocycles. The summed E-state index contributed by atoms with van der Waals surface area (Å²) in [6.45, 7) is 4.20. The molecule has 0 radical (unpaired) electrons. The molecule has 0 spiro atoms. The molecule has 1 amide bonds. The first-order valence-electron chi connectivity index (χ1n) is 7.64. The Morgan fingerprint density at radius 2 is 1.90 bits per heavy atom. The molecule has 1 N–H and O–H groups in total. The van der Waals surface area contributed by atoms with Gasteiger partial charge in [-0.1, -0.05) is 31.2 Å². The lowest BCUT2D eigenvalue weighted by atomic mass is 10.0. The van der Waals surface area contributed by atoms with Gasteiger partial charge in [-0.15, -0.1) is 0 Å². The number of likely N-dealkylation sites (N-methyl/N-ethyl adjacent to an activating group) is 1. The lowest BCUT2D eigenvalue weighted by molar-refractivity contribution is -0.122. The molecule has 2 rings (SSSR count). The summed E-state index contributed by atoms with van der Waals surface area (Å²) in [5, 5.41) is 2.94. The molecule has 0 saturated heterocycles. The summed E-state index contributed by atoms with van der Waals surface area (Å²) >= 11 is 0. The minimum absolute atomic E-state index is 0.000908. The van der Waals surface area contributed by atoms with Gasteiger partial charge in [-0.2, -0.15) is 0 Å². The first kappa shape index (κ1) is 15.7. The molecule has 4 heteroatoms. The van der Waals surface area contributed by atoms with Crippen LogP contribution in [-0.4, -0.2) is 42.3 Å². The van der Waals surface area contributed by atoms with Crippen LogP contribution in [0.4, 0.5) is 0 Å². The summed E-state index contributed by atoms with van der Waals surface area (Å²) in [5.41, 5.74) is 1.92. The van der Waals surface area contributed by atoms with Crippen molar-refractivity contribution in [3.8, 4) is 0 Å². The van der Waals surface area contributed by atoms with E-state index >= 15 is 0 Å². The highest BCUT2D eigenvalue weighted by Crippen LogP contribution is 2.18. The summed E-state index contributed by atoms with van der Waals surface area (Å²) in [7, 11) is 1.81. The van der Waals surface area contributed by atoms with Crippen molar-refractivity contribution < 1.29 is 9.59 Å². The molecule has 1 saturated carbocycles. The Morgan fingerprint density at radius 1 is 1.29 bits per heavy atom. The van der Waals surface area contributed by atoms with Crippen LogP contribution in [0.25, 0.3) is 0 Å². The number of aryl methyl sites for hydroxylation is 1. The van der Waals surface area contributed by atoms with Crippen LogP contribution in [-0.2, 0) is 11.2 Å². The van der Waals surface area contributed by atoms with Crippen LogP contribution in [0.15, 0.2) is 24.3 Å². The van der Waals surface area contributed by atoms with Gasteiger partial charge in [0, 0.05) is 11.6 Å². The average Bonchev–Trinajstić information content (AvgIpc) is 3.29. The van der Waals surface area contributed by atoms with Gasteiger partial charge in [0.25, 0.3) is 0 Å². The molecule has 1 atom stereocenters. The minimum Gasteiger partial charge on any atom is -0.352 e. The van der Waals surface area contributed by atoms with E-state index in [0.29, 0.717) is 11.6 Å². The first-order valence-corrected chi connectivity index (χ1v) is 7.64. The van der Waals surface area contributed by atoms with Crippen LogP contribution >= 0.6 is 0 Å². The van der Waals surface area contributed by atoms with E-state index in [1.807, 2.05) is 38.2 Å². The van der Waals surface area contributed by atoms with Crippen molar-refractivity contribution in [2.24, 2.45) is 0 Å². The molecule has 1 aliphatic carbocycles. The van der Waals surface area contributed by atoms with Gasteiger partial charge in [0.2, 0.25) is 5.91 Å². The predicted octanol–water partition coefficient (Wildman–Crippen LogP) is 2.03. The van der Waals surface area contributed by atoms with Crippen molar-refractivity contribution in [3.63, 3.8) is 0 Å². The summed E-state index contributed by atoms with van der Waals surface area (Å²) in [4.78, 5) is 26.0. The molecule has 0 heterocycles. The van der Waals surface area contributed by atoms with E-state index in [1.165, 1.54) is 5.56 Å². The summed E-state index contributed by atoms with van der Waals surface area (Å²) in [6.07, 6.45) is 3.12. The van der Waals surface area contributed by atoms with Gasteiger partial charge < -0.3 is 5.32 Å². The van der Waals surface area contributed by atoms with E-state index in [-0.39, 0.29) is 24.3 Å². The van der Waals surface area contributed by atoms with Crippen LogP contribution in [0, 0.1) is 0 Å². The number of carbonyl (C=O) groups is 2. The summed E-state index contributed by atoms with van der Waals surface area (Å²) < 4.78 is 0. The Kier molecular flexibility index (Phi) is 5.12. The Morgan fingerprint density at radius 3 is 2.43 bits per heavy atom. The zero-order valence-corrected chi connectivity index (χ0v) is 13.1. The minimum atomic E-state index is -0.303. The molecule has 0 bridgehead atoms. The quantitative estimate of drug-likeness (QED) is 0.781. The van der Waals surface area contributed by atoms with Crippen LogP contribution in [0.5, 0.6) is 0 Å². The normalized spacial score (nSPS) is 15.8.